The molecule has 0 aliphatic rings. The molecule has 0 saturated heterocycles. The third-order valence-corrected chi connectivity index (χ3v) is 5.34. The first-order valence-corrected chi connectivity index (χ1v) is 8.58. The van der Waals surface area contributed by atoms with Crippen LogP contribution in [0.15, 0.2) is 18.2 Å². The number of nitrogens with one attached hydrogen (secondary N) is 1. The average molecular weight is 367 g/mol. The molecule has 0 fully saturated rings. The van der Waals surface area contributed by atoms with E-state index in [-0.39, 0.29) is 5.56 Å². The monoisotopic (exact) mass is 367 g/mol. The zero-order chi connectivity index (χ0) is 18.9. The van der Waals surface area contributed by atoms with Crippen LogP contribution < -0.4 is 4.72 Å². The highest BCUT2D eigenvalue weighted by Crippen LogP contribution is 2.41. The van der Waals surface area contributed by atoms with Crippen LogP contribution in [0.25, 0.3) is 0 Å². The molecule has 0 radical (unpaired) electrons. The summed E-state index contributed by atoms with van der Waals surface area (Å²) >= 11 is 0. The van der Waals surface area contributed by atoms with Gasteiger partial charge in [0.15, 0.2) is 5.60 Å². The molecule has 1 rings (SSSR count). The third kappa shape index (κ3) is 4.17. The van der Waals surface area contributed by atoms with Gasteiger partial charge in [-0.15, -0.1) is 0 Å². The van der Waals surface area contributed by atoms with Gasteiger partial charge in [0.2, 0.25) is 0 Å². The topological polar surface area (TPSA) is 69.6 Å². The van der Waals surface area contributed by atoms with Gasteiger partial charge in [-0.25, -0.2) is 13.3 Å². The summed E-state index contributed by atoms with van der Waals surface area (Å²) in [6.07, 6.45) is 0. The summed E-state index contributed by atoms with van der Waals surface area (Å²) in [5, 5.41) is 18.6. The van der Waals surface area contributed by atoms with Gasteiger partial charge in [0.25, 0.3) is 0 Å². The lowest BCUT2D eigenvalue weighted by Crippen LogP contribution is -2.47. The minimum absolute atomic E-state index is 0.0986. The highest BCUT2D eigenvalue weighted by Gasteiger charge is 2.52. The van der Waals surface area contributed by atoms with Crippen LogP contribution in [0.3, 0.4) is 0 Å². The Morgan fingerprint density at radius 1 is 1.25 bits per heavy atom. The fourth-order valence-corrected chi connectivity index (χ4v) is 2.72. The Labute approximate surface area is 142 Å². The highest BCUT2D eigenvalue weighted by atomic mass is 32.2. The minimum Gasteiger partial charge on any atom is -0.393 e. The van der Waals surface area contributed by atoms with Crippen molar-refractivity contribution in [3.8, 4) is 0 Å². The first-order chi connectivity index (χ1) is 10.8. The van der Waals surface area contributed by atoms with Crippen molar-refractivity contribution in [2.24, 2.45) is 0 Å². The van der Waals surface area contributed by atoms with Gasteiger partial charge in [0.1, 0.15) is 5.82 Å². The van der Waals surface area contributed by atoms with Gasteiger partial charge in [0, 0.05) is 11.6 Å². The van der Waals surface area contributed by atoms with Gasteiger partial charge < -0.3 is 10.2 Å². The summed E-state index contributed by atoms with van der Waals surface area (Å²) in [6.45, 7) is 6.18. The quantitative estimate of drug-likeness (QED) is 0.724. The molecule has 0 aliphatic carbocycles. The Kier molecular flexibility index (Phi) is 6.25. The number of halogens is 3. The molecule has 1 aromatic rings. The summed E-state index contributed by atoms with van der Waals surface area (Å²) < 4.78 is 57.5. The number of aliphatic hydroxyl groups is 2. The molecular formula is C16H24F3NO3S. The molecule has 0 heterocycles. The largest absolute Gasteiger partial charge is 0.393 e. The van der Waals surface area contributed by atoms with E-state index in [1.165, 1.54) is 19.1 Å². The maximum atomic E-state index is 14.6. The zero-order valence-electron chi connectivity index (χ0n) is 14.4. The lowest BCUT2D eigenvalue weighted by molar-refractivity contribution is -0.197. The second kappa shape index (κ2) is 7.11. The number of rotatable bonds is 6. The predicted octanol–water partition coefficient (Wildman–Crippen LogP) is 2.77. The summed E-state index contributed by atoms with van der Waals surface area (Å²) in [7, 11) is -1.52. The van der Waals surface area contributed by atoms with Gasteiger partial charge in [-0.2, -0.15) is 8.78 Å². The second-order valence-electron chi connectivity index (χ2n) is 6.94. The Bertz CT molecular complexity index is 615. The molecule has 0 spiro atoms. The van der Waals surface area contributed by atoms with Crippen molar-refractivity contribution in [2.75, 3.05) is 6.61 Å². The van der Waals surface area contributed by atoms with E-state index in [0.29, 0.717) is 0 Å². The van der Waals surface area contributed by atoms with Gasteiger partial charge in [-0.1, -0.05) is 12.1 Å². The maximum absolute atomic E-state index is 14.6. The summed E-state index contributed by atoms with van der Waals surface area (Å²) in [5.41, 5.74) is -3.93. The second-order valence-corrected chi connectivity index (χ2v) is 8.93. The van der Waals surface area contributed by atoms with Crippen LogP contribution in [-0.2, 0) is 16.9 Å². The van der Waals surface area contributed by atoms with Crippen molar-refractivity contribution in [1.29, 1.82) is 0 Å². The van der Waals surface area contributed by atoms with E-state index in [9.17, 15) is 22.5 Å². The van der Waals surface area contributed by atoms with Crippen LogP contribution in [-0.4, -0.2) is 31.4 Å². The standard InChI is InChI=1S/C16H24F3NO3S/c1-10(20-24(23)14(2,3)4)11-7-6-8-12(13(11)17)16(18,19)15(5,22)9-21/h6-8,10,20-22H,9H2,1-5H3/t10-,15-,24?/m1/s1. The van der Waals surface area contributed by atoms with Crippen molar-refractivity contribution < 1.29 is 27.6 Å². The molecule has 0 aromatic heterocycles. The van der Waals surface area contributed by atoms with Crippen LogP contribution >= 0.6 is 0 Å². The fourth-order valence-electron chi connectivity index (χ4n) is 1.92. The average Bonchev–Trinajstić information content (AvgIpc) is 2.45. The zero-order valence-corrected chi connectivity index (χ0v) is 15.2. The maximum Gasteiger partial charge on any atom is 0.306 e. The predicted molar refractivity (Wildman–Crippen MR) is 87.4 cm³/mol. The molecule has 0 bridgehead atoms. The Balaban J connectivity index is 3.25. The smallest absolute Gasteiger partial charge is 0.306 e. The van der Waals surface area contributed by atoms with Crippen LogP contribution in [0, 0.1) is 5.82 Å². The lowest BCUT2D eigenvalue weighted by atomic mass is 9.90. The molecule has 4 nitrogen and oxygen atoms in total. The van der Waals surface area contributed by atoms with Crippen molar-refractivity contribution >= 4 is 11.0 Å². The Morgan fingerprint density at radius 2 is 1.79 bits per heavy atom. The summed E-state index contributed by atoms with van der Waals surface area (Å²) in [4.78, 5) is 0. The van der Waals surface area contributed by atoms with Gasteiger partial charge >= 0.3 is 5.92 Å². The normalized spacial score (nSPS) is 18.1. The van der Waals surface area contributed by atoms with E-state index in [2.05, 4.69) is 4.72 Å². The van der Waals surface area contributed by atoms with Crippen LogP contribution in [0.5, 0.6) is 0 Å². The Hall–Kier alpha value is -0.960. The lowest BCUT2D eigenvalue weighted by Gasteiger charge is -2.32. The number of hydrogen-bond acceptors (Lipinski definition) is 3. The minimum atomic E-state index is -4.00. The molecule has 0 amide bonds. The van der Waals surface area contributed by atoms with E-state index in [1.54, 1.807) is 20.8 Å². The van der Waals surface area contributed by atoms with Gasteiger partial charge in [0.05, 0.1) is 27.9 Å². The third-order valence-electron chi connectivity index (χ3n) is 3.66. The molecule has 3 N–H and O–H groups in total. The number of benzene rings is 1. The summed E-state index contributed by atoms with van der Waals surface area (Å²) in [5.74, 6) is -5.20. The molecule has 8 heteroatoms. The highest BCUT2D eigenvalue weighted by molar-refractivity contribution is 7.84. The summed E-state index contributed by atoms with van der Waals surface area (Å²) in [6, 6.07) is 2.60. The molecule has 24 heavy (non-hydrogen) atoms. The van der Waals surface area contributed by atoms with Crippen LogP contribution in [0.1, 0.15) is 51.8 Å². The number of aliphatic hydroxyl groups excluding tert-OH is 1. The van der Waals surface area contributed by atoms with Gasteiger partial charge in [-0.05, 0) is 40.7 Å². The van der Waals surface area contributed by atoms with E-state index >= 15 is 0 Å². The molecular weight excluding hydrogens is 343 g/mol. The van der Waals surface area contributed by atoms with Crippen molar-refractivity contribution in [3.63, 3.8) is 0 Å². The van der Waals surface area contributed by atoms with Crippen molar-refractivity contribution in [2.45, 2.75) is 56.9 Å². The van der Waals surface area contributed by atoms with Crippen molar-refractivity contribution in [3.05, 3.63) is 35.1 Å². The van der Waals surface area contributed by atoms with E-state index in [4.69, 9.17) is 5.11 Å². The first-order valence-electron chi connectivity index (χ1n) is 7.43. The van der Waals surface area contributed by atoms with E-state index < -0.39 is 51.3 Å². The molecule has 138 valence electrons. The first kappa shape index (κ1) is 21.1. The Morgan fingerprint density at radius 3 is 2.25 bits per heavy atom. The van der Waals surface area contributed by atoms with E-state index in [0.717, 1.165) is 13.0 Å². The number of hydrogen-bond donors (Lipinski definition) is 3. The molecule has 0 aliphatic heterocycles. The van der Waals surface area contributed by atoms with Crippen LogP contribution in [0.4, 0.5) is 13.2 Å². The molecule has 0 saturated carbocycles. The van der Waals surface area contributed by atoms with Crippen LogP contribution in [0.2, 0.25) is 0 Å². The van der Waals surface area contributed by atoms with E-state index in [1.807, 2.05) is 0 Å². The number of alkyl halides is 2. The van der Waals surface area contributed by atoms with Crippen molar-refractivity contribution in [1.82, 2.24) is 4.72 Å². The van der Waals surface area contributed by atoms with Gasteiger partial charge in [-0.3, -0.25) is 0 Å². The SMILES string of the molecule is C[C@@H](NS(=O)C(C)(C)C)c1cccc(C(F)(F)[C@](C)(O)CO)c1F. The molecule has 1 aromatic carbocycles. The molecule has 3 atom stereocenters. The molecule has 1 unspecified atom stereocenters. The fraction of sp³-hybridized carbons (Fsp3) is 0.625.